The van der Waals surface area contributed by atoms with Crippen molar-refractivity contribution < 1.29 is 4.79 Å². The van der Waals surface area contributed by atoms with Gasteiger partial charge in [-0.3, -0.25) is 14.6 Å². The second-order valence-electron chi connectivity index (χ2n) is 9.47. The Hall–Kier alpha value is -2.17. The molecule has 2 saturated heterocycles. The van der Waals surface area contributed by atoms with Gasteiger partial charge in [0.1, 0.15) is 0 Å². The van der Waals surface area contributed by atoms with E-state index in [1.165, 1.54) is 24.0 Å². The molecule has 0 bridgehead atoms. The molecule has 1 N–H and O–H groups in total. The summed E-state index contributed by atoms with van der Waals surface area (Å²) >= 11 is 0. The van der Waals surface area contributed by atoms with Crippen molar-refractivity contribution >= 4 is 5.91 Å². The van der Waals surface area contributed by atoms with Gasteiger partial charge in [0, 0.05) is 18.5 Å². The molecule has 2 aromatic carbocycles. The smallest absolute Gasteiger partial charge is 0.237 e. The van der Waals surface area contributed by atoms with Gasteiger partial charge in [0.15, 0.2) is 0 Å². The molecule has 2 heterocycles. The van der Waals surface area contributed by atoms with Crippen LogP contribution in [0.1, 0.15) is 49.7 Å². The van der Waals surface area contributed by atoms with Gasteiger partial charge in [0.25, 0.3) is 0 Å². The minimum Gasteiger partial charge on any atom is -0.354 e. The van der Waals surface area contributed by atoms with Gasteiger partial charge in [-0.2, -0.15) is 0 Å². The number of amides is 1. The number of rotatable bonds is 6. The lowest BCUT2D eigenvalue weighted by Gasteiger charge is -2.43. The third-order valence-electron chi connectivity index (χ3n) is 7.37. The van der Waals surface area contributed by atoms with Crippen molar-refractivity contribution in [1.82, 2.24) is 15.1 Å². The molecule has 4 nitrogen and oxygen atoms in total. The van der Waals surface area contributed by atoms with Gasteiger partial charge in [-0.1, -0.05) is 73.5 Å². The van der Waals surface area contributed by atoms with Crippen molar-refractivity contribution in [2.45, 2.75) is 56.5 Å². The number of nitrogens with zero attached hydrogens (tertiary/aromatic N) is 2. The first-order valence-electron chi connectivity index (χ1n) is 12.0. The molecule has 0 radical (unpaired) electrons. The van der Waals surface area contributed by atoms with Crippen LogP contribution in [0, 0.1) is 0 Å². The molecule has 2 fully saturated rings. The van der Waals surface area contributed by atoms with E-state index in [4.69, 9.17) is 0 Å². The van der Waals surface area contributed by atoms with Crippen LogP contribution in [0.3, 0.4) is 0 Å². The summed E-state index contributed by atoms with van der Waals surface area (Å²) in [7, 11) is 2.10. The number of carbonyl (C=O) groups excluding carboxylic acids is 1. The molecule has 1 unspecified atom stereocenters. The largest absolute Gasteiger partial charge is 0.354 e. The Balaban J connectivity index is 1.42. The highest BCUT2D eigenvalue weighted by Gasteiger charge is 2.37. The van der Waals surface area contributed by atoms with Crippen LogP contribution >= 0.6 is 0 Å². The fraction of sp³-hybridized carbons (Fsp3) is 0.519. The lowest BCUT2D eigenvalue weighted by molar-refractivity contribution is -0.126. The fourth-order valence-electron chi connectivity index (χ4n) is 5.30. The minimum atomic E-state index is 0.0212. The molecule has 0 aromatic heterocycles. The predicted molar refractivity (Wildman–Crippen MR) is 127 cm³/mol. The average molecular weight is 420 g/mol. The molecule has 31 heavy (non-hydrogen) atoms. The summed E-state index contributed by atoms with van der Waals surface area (Å²) in [6.07, 6.45) is 6.71. The molecule has 166 valence electrons. The van der Waals surface area contributed by atoms with E-state index >= 15 is 0 Å². The summed E-state index contributed by atoms with van der Waals surface area (Å²) in [5, 5.41) is 3.39. The summed E-state index contributed by atoms with van der Waals surface area (Å²) < 4.78 is 0. The number of nitrogens with one attached hydrogen (secondary N) is 1. The van der Waals surface area contributed by atoms with E-state index in [1.54, 1.807) is 0 Å². The number of piperidine rings is 1. The third-order valence-corrected chi connectivity index (χ3v) is 7.37. The van der Waals surface area contributed by atoms with E-state index in [0.29, 0.717) is 0 Å². The SMILES string of the molecule is CN1CCCCCC1C(=O)NCC1(c2ccccc2)CCN(Cc2ccccc2)CC1. The van der Waals surface area contributed by atoms with Crippen LogP contribution in [0.4, 0.5) is 0 Å². The lowest BCUT2D eigenvalue weighted by Crippen LogP contribution is -2.52. The van der Waals surface area contributed by atoms with Crippen molar-refractivity contribution in [3.63, 3.8) is 0 Å². The normalized spacial score (nSPS) is 22.5. The molecule has 0 spiro atoms. The molecule has 4 rings (SSSR count). The number of carbonyl (C=O) groups is 1. The maximum absolute atomic E-state index is 13.1. The monoisotopic (exact) mass is 419 g/mol. The van der Waals surface area contributed by atoms with Crippen LogP contribution in [0.5, 0.6) is 0 Å². The standard InChI is InChI=1S/C27H37N3O/c1-29-18-10-4-9-15-25(29)26(31)28-22-27(24-13-7-3-8-14-24)16-19-30(20-17-27)21-23-11-5-2-6-12-23/h2-3,5-8,11-14,25H,4,9-10,15-22H2,1H3,(H,28,31). The molecule has 2 aliphatic rings. The minimum absolute atomic E-state index is 0.0212. The lowest BCUT2D eigenvalue weighted by atomic mass is 9.72. The van der Waals surface area contributed by atoms with Crippen LogP contribution in [0.25, 0.3) is 0 Å². The summed E-state index contributed by atoms with van der Waals surface area (Å²) in [6.45, 7) is 4.88. The van der Waals surface area contributed by atoms with Gasteiger partial charge in [-0.05, 0) is 63.5 Å². The van der Waals surface area contributed by atoms with Gasteiger partial charge in [0.05, 0.1) is 6.04 Å². The third kappa shape index (κ3) is 5.55. The second kappa shape index (κ2) is 10.4. The first kappa shape index (κ1) is 22.0. The van der Waals surface area contributed by atoms with Gasteiger partial charge in [-0.25, -0.2) is 0 Å². The van der Waals surface area contributed by atoms with Crippen LogP contribution < -0.4 is 5.32 Å². The van der Waals surface area contributed by atoms with E-state index in [2.05, 4.69) is 82.8 Å². The molecule has 2 aromatic rings. The average Bonchev–Trinajstić information content (AvgIpc) is 3.04. The molecule has 1 amide bonds. The summed E-state index contributed by atoms with van der Waals surface area (Å²) in [4.78, 5) is 17.9. The second-order valence-corrected chi connectivity index (χ2v) is 9.47. The summed E-state index contributed by atoms with van der Waals surface area (Å²) in [5.74, 6) is 0.214. The number of benzene rings is 2. The molecule has 4 heteroatoms. The van der Waals surface area contributed by atoms with E-state index in [1.807, 2.05) is 0 Å². The van der Waals surface area contributed by atoms with Crippen LogP contribution in [-0.2, 0) is 16.8 Å². The van der Waals surface area contributed by atoms with Gasteiger partial charge < -0.3 is 5.32 Å². The van der Waals surface area contributed by atoms with Crippen molar-refractivity contribution in [1.29, 1.82) is 0 Å². The van der Waals surface area contributed by atoms with E-state index in [-0.39, 0.29) is 17.4 Å². The van der Waals surface area contributed by atoms with Crippen LogP contribution in [-0.4, -0.2) is 55.0 Å². The van der Waals surface area contributed by atoms with E-state index in [0.717, 1.165) is 58.4 Å². The van der Waals surface area contributed by atoms with Crippen molar-refractivity contribution in [3.05, 3.63) is 71.8 Å². The number of likely N-dealkylation sites (tertiary alicyclic amines) is 2. The zero-order valence-corrected chi connectivity index (χ0v) is 18.9. The Morgan fingerprint density at radius 3 is 2.32 bits per heavy atom. The Labute approximate surface area is 187 Å². The molecule has 0 aliphatic carbocycles. The number of hydrogen-bond acceptors (Lipinski definition) is 3. The predicted octanol–water partition coefficient (Wildman–Crippen LogP) is 4.21. The Morgan fingerprint density at radius 1 is 0.935 bits per heavy atom. The Bertz CT molecular complexity index is 815. The van der Waals surface area contributed by atoms with Gasteiger partial charge in [0.2, 0.25) is 5.91 Å². The van der Waals surface area contributed by atoms with E-state index < -0.39 is 0 Å². The quantitative estimate of drug-likeness (QED) is 0.762. The highest BCUT2D eigenvalue weighted by atomic mass is 16.2. The maximum atomic E-state index is 13.1. The number of hydrogen-bond donors (Lipinski definition) is 1. The number of likely N-dealkylation sites (N-methyl/N-ethyl adjacent to an activating group) is 1. The molecular formula is C27H37N3O. The van der Waals surface area contributed by atoms with Crippen molar-refractivity contribution in [2.75, 3.05) is 33.2 Å². The first-order valence-corrected chi connectivity index (χ1v) is 12.0. The maximum Gasteiger partial charge on any atom is 0.237 e. The van der Waals surface area contributed by atoms with Crippen molar-refractivity contribution in [2.24, 2.45) is 0 Å². The van der Waals surface area contributed by atoms with Gasteiger partial charge >= 0.3 is 0 Å². The summed E-state index contributed by atoms with van der Waals surface area (Å²) in [6, 6.07) is 21.6. The zero-order chi connectivity index (χ0) is 21.5. The van der Waals surface area contributed by atoms with Crippen LogP contribution in [0.2, 0.25) is 0 Å². The highest BCUT2D eigenvalue weighted by Crippen LogP contribution is 2.35. The molecule has 2 aliphatic heterocycles. The highest BCUT2D eigenvalue weighted by molar-refractivity contribution is 5.81. The van der Waals surface area contributed by atoms with E-state index in [9.17, 15) is 4.79 Å². The van der Waals surface area contributed by atoms with Crippen LogP contribution in [0.15, 0.2) is 60.7 Å². The molecule has 0 saturated carbocycles. The Kier molecular flexibility index (Phi) is 7.41. The zero-order valence-electron chi connectivity index (χ0n) is 18.9. The molecule has 1 atom stereocenters. The fourth-order valence-corrected chi connectivity index (χ4v) is 5.30. The topological polar surface area (TPSA) is 35.6 Å². The first-order chi connectivity index (χ1) is 15.2. The summed E-state index contributed by atoms with van der Waals surface area (Å²) in [5.41, 5.74) is 2.76. The van der Waals surface area contributed by atoms with Gasteiger partial charge in [-0.15, -0.1) is 0 Å². The molecular weight excluding hydrogens is 382 g/mol. The van der Waals surface area contributed by atoms with Crippen molar-refractivity contribution in [3.8, 4) is 0 Å². The Morgan fingerprint density at radius 2 is 1.61 bits per heavy atom.